The number of halogens is 2. The van der Waals surface area contributed by atoms with E-state index in [1.54, 1.807) is 0 Å². The highest BCUT2D eigenvalue weighted by molar-refractivity contribution is 4.97. The van der Waals surface area contributed by atoms with Crippen LogP contribution >= 0.6 is 0 Å². The van der Waals surface area contributed by atoms with Crippen molar-refractivity contribution in [2.24, 2.45) is 11.1 Å². The number of rotatable bonds is 2. The summed E-state index contributed by atoms with van der Waals surface area (Å²) < 4.78 is 24.4. The molecule has 4 heteroatoms. The molecule has 0 spiro atoms. The van der Waals surface area contributed by atoms with Gasteiger partial charge in [-0.1, -0.05) is 0 Å². The molecule has 0 aliphatic carbocycles. The van der Waals surface area contributed by atoms with Crippen LogP contribution in [0.2, 0.25) is 0 Å². The second-order valence-corrected chi connectivity index (χ2v) is 2.80. The molecule has 0 aromatic rings. The summed E-state index contributed by atoms with van der Waals surface area (Å²) in [5.41, 5.74) is 4.48. The van der Waals surface area contributed by atoms with Crippen molar-refractivity contribution < 1.29 is 8.78 Å². The third kappa shape index (κ3) is 1.01. The zero-order valence-corrected chi connectivity index (χ0v) is 5.69. The van der Waals surface area contributed by atoms with Gasteiger partial charge in [0, 0.05) is 19.1 Å². The third-order valence-electron chi connectivity index (χ3n) is 2.07. The van der Waals surface area contributed by atoms with E-state index in [4.69, 9.17) is 5.73 Å². The molecular weight excluding hydrogens is 138 g/mol. The van der Waals surface area contributed by atoms with Crippen molar-refractivity contribution in [3.05, 3.63) is 0 Å². The molecule has 1 aliphatic heterocycles. The predicted octanol–water partition coefficient (Wildman–Crippen LogP) is -0.143. The van der Waals surface area contributed by atoms with Gasteiger partial charge in [-0.25, -0.2) is 5.32 Å². The van der Waals surface area contributed by atoms with Crippen LogP contribution in [0.1, 0.15) is 0 Å². The standard InChI is InChI=1S/C6H11F2N2/c7-2-6(3-8)4-10-1-5(6)9/h5H,1-4,9H2. The van der Waals surface area contributed by atoms with E-state index in [2.05, 4.69) is 5.32 Å². The molecule has 2 N–H and O–H groups in total. The SMILES string of the molecule is NC1C[N]CC1(CF)CF. The average Bonchev–Trinajstić information content (AvgIpc) is 2.32. The summed E-state index contributed by atoms with van der Waals surface area (Å²) in [4.78, 5) is 0. The van der Waals surface area contributed by atoms with Crippen molar-refractivity contribution in [3.63, 3.8) is 0 Å². The van der Waals surface area contributed by atoms with Gasteiger partial charge in [0.2, 0.25) is 0 Å². The first-order chi connectivity index (χ1) is 4.75. The highest BCUT2D eigenvalue weighted by atomic mass is 19.1. The Morgan fingerprint density at radius 3 is 2.30 bits per heavy atom. The van der Waals surface area contributed by atoms with E-state index < -0.39 is 24.8 Å². The van der Waals surface area contributed by atoms with Gasteiger partial charge in [0.25, 0.3) is 0 Å². The Labute approximate surface area is 58.8 Å². The number of hydrogen-bond acceptors (Lipinski definition) is 1. The van der Waals surface area contributed by atoms with E-state index in [1.165, 1.54) is 0 Å². The van der Waals surface area contributed by atoms with Gasteiger partial charge in [-0.15, -0.1) is 0 Å². The summed E-state index contributed by atoms with van der Waals surface area (Å²) in [5, 5.41) is 3.85. The van der Waals surface area contributed by atoms with Gasteiger partial charge >= 0.3 is 0 Å². The fourth-order valence-corrected chi connectivity index (χ4v) is 1.06. The molecule has 1 unspecified atom stereocenters. The highest BCUT2D eigenvalue weighted by Crippen LogP contribution is 2.26. The molecule has 0 amide bonds. The molecular formula is C6H11F2N2. The summed E-state index contributed by atoms with van der Waals surface area (Å²) in [6, 6.07) is -0.428. The first-order valence-corrected chi connectivity index (χ1v) is 3.26. The zero-order chi connectivity index (χ0) is 7.61. The fourth-order valence-electron chi connectivity index (χ4n) is 1.06. The van der Waals surface area contributed by atoms with Crippen molar-refractivity contribution in [1.82, 2.24) is 5.32 Å². The normalized spacial score (nSPS) is 30.9. The number of nitrogens with zero attached hydrogens (tertiary/aromatic N) is 1. The zero-order valence-electron chi connectivity index (χ0n) is 5.69. The molecule has 0 bridgehead atoms. The van der Waals surface area contributed by atoms with E-state index in [0.29, 0.717) is 6.54 Å². The smallest absolute Gasteiger partial charge is 0.100 e. The first-order valence-electron chi connectivity index (χ1n) is 3.26. The molecule has 1 saturated heterocycles. The van der Waals surface area contributed by atoms with Crippen LogP contribution in [-0.2, 0) is 0 Å². The minimum absolute atomic E-state index is 0.237. The van der Waals surface area contributed by atoms with Crippen molar-refractivity contribution in [2.75, 3.05) is 26.4 Å². The largest absolute Gasteiger partial charge is 0.326 e. The van der Waals surface area contributed by atoms with Gasteiger partial charge in [-0.05, 0) is 0 Å². The van der Waals surface area contributed by atoms with Gasteiger partial charge in [-0.3, -0.25) is 8.78 Å². The summed E-state index contributed by atoms with van der Waals surface area (Å²) in [7, 11) is 0. The molecule has 0 saturated carbocycles. The molecule has 1 aliphatic rings. The van der Waals surface area contributed by atoms with Gasteiger partial charge in [0.05, 0.1) is 5.41 Å². The Morgan fingerprint density at radius 2 is 2.10 bits per heavy atom. The number of nitrogens with two attached hydrogens (primary N) is 1. The van der Waals surface area contributed by atoms with E-state index in [9.17, 15) is 8.78 Å². The van der Waals surface area contributed by atoms with Crippen molar-refractivity contribution in [1.29, 1.82) is 0 Å². The van der Waals surface area contributed by atoms with Gasteiger partial charge in [0.1, 0.15) is 13.3 Å². The monoisotopic (exact) mass is 149 g/mol. The number of alkyl halides is 2. The Balaban J connectivity index is 2.61. The Morgan fingerprint density at radius 1 is 1.50 bits per heavy atom. The molecule has 2 nitrogen and oxygen atoms in total. The van der Waals surface area contributed by atoms with Crippen LogP contribution in [0.3, 0.4) is 0 Å². The van der Waals surface area contributed by atoms with E-state index >= 15 is 0 Å². The lowest BCUT2D eigenvalue weighted by Crippen LogP contribution is -2.44. The lowest BCUT2D eigenvalue weighted by molar-refractivity contribution is 0.155. The summed E-state index contributed by atoms with van der Waals surface area (Å²) in [6.07, 6.45) is 0. The van der Waals surface area contributed by atoms with Crippen LogP contribution in [0.5, 0.6) is 0 Å². The maximum Gasteiger partial charge on any atom is 0.100 e. The van der Waals surface area contributed by atoms with E-state index in [1.807, 2.05) is 0 Å². The number of hydrogen-bond donors (Lipinski definition) is 1. The Hall–Kier alpha value is -0.220. The Kier molecular flexibility index (Phi) is 2.21. The van der Waals surface area contributed by atoms with Gasteiger partial charge < -0.3 is 5.73 Å². The fraction of sp³-hybridized carbons (Fsp3) is 1.00. The summed E-state index contributed by atoms with van der Waals surface area (Å²) in [6.45, 7) is -0.767. The molecule has 1 rings (SSSR count). The molecule has 59 valence electrons. The van der Waals surface area contributed by atoms with Crippen LogP contribution in [0, 0.1) is 5.41 Å². The van der Waals surface area contributed by atoms with Crippen molar-refractivity contribution >= 4 is 0 Å². The summed E-state index contributed by atoms with van der Waals surface area (Å²) >= 11 is 0. The van der Waals surface area contributed by atoms with Crippen molar-refractivity contribution in [2.45, 2.75) is 6.04 Å². The van der Waals surface area contributed by atoms with Gasteiger partial charge in [0.15, 0.2) is 0 Å². The minimum atomic E-state index is -0.986. The molecule has 1 fully saturated rings. The van der Waals surface area contributed by atoms with E-state index in [0.717, 1.165) is 0 Å². The van der Waals surface area contributed by atoms with Crippen LogP contribution in [-0.4, -0.2) is 32.5 Å². The predicted molar refractivity (Wildman–Crippen MR) is 34.2 cm³/mol. The molecule has 1 atom stereocenters. The maximum absolute atomic E-state index is 12.2. The quantitative estimate of drug-likeness (QED) is 0.583. The topological polar surface area (TPSA) is 40.1 Å². The summed E-state index contributed by atoms with van der Waals surface area (Å²) in [5.74, 6) is 0. The molecule has 0 aromatic heterocycles. The third-order valence-corrected chi connectivity index (χ3v) is 2.07. The molecule has 1 radical (unpaired) electrons. The second-order valence-electron chi connectivity index (χ2n) is 2.80. The second kappa shape index (κ2) is 2.80. The first kappa shape index (κ1) is 7.88. The van der Waals surface area contributed by atoms with Crippen molar-refractivity contribution in [3.8, 4) is 0 Å². The highest BCUT2D eigenvalue weighted by Gasteiger charge is 2.42. The molecule has 10 heavy (non-hydrogen) atoms. The molecule has 1 heterocycles. The lowest BCUT2D eigenvalue weighted by atomic mass is 9.86. The van der Waals surface area contributed by atoms with Crippen LogP contribution in [0.25, 0.3) is 0 Å². The minimum Gasteiger partial charge on any atom is -0.326 e. The maximum atomic E-state index is 12.2. The van der Waals surface area contributed by atoms with Crippen LogP contribution in [0.4, 0.5) is 8.78 Å². The van der Waals surface area contributed by atoms with Crippen LogP contribution in [0.15, 0.2) is 0 Å². The van der Waals surface area contributed by atoms with E-state index in [-0.39, 0.29) is 6.54 Å². The lowest BCUT2D eigenvalue weighted by Gasteiger charge is -2.24. The van der Waals surface area contributed by atoms with Gasteiger partial charge in [-0.2, -0.15) is 0 Å². The molecule has 0 aromatic carbocycles. The average molecular weight is 149 g/mol. The van der Waals surface area contributed by atoms with Crippen LogP contribution < -0.4 is 11.1 Å². The Bertz CT molecular complexity index is 114.